The molecule has 0 N–H and O–H groups in total. The molecule has 6 heteroatoms. The van der Waals surface area contributed by atoms with Crippen molar-refractivity contribution in [1.82, 2.24) is 14.5 Å². The molecule has 0 aliphatic carbocycles. The number of fused-ring (bicyclic) bond motifs is 7. The summed E-state index contributed by atoms with van der Waals surface area (Å²) in [6, 6.07) is 75.8. The van der Waals surface area contributed by atoms with Crippen LogP contribution in [0.15, 0.2) is 200 Å². The predicted molar refractivity (Wildman–Crippen MR) is 294 cm³/mol. The first kappa shape index (κ1) is 45.0. The summed E-state index contributed by atoms with van der Waals surface area (Å²) in [5.41, 5.74) is 12.2. The van der Waals surface area contributed by atoms with Crippen molar-refractivity contribution in [3.8, 4) is 39.5 Å². The quantitative estimate of drug-likeness (QED) is 0.112. The molecule has 0 amide bonds. The third kappa shape index (κ3) is 9.02. The van der Waals surface area contributed by atoms with Gasteiger partial charge in [-0.1, -0.05) is 150 Å². The van der Waals surface area contributed by atoms with E-state index >= 15 is 0 Å². The number of benzene rings is 9. The number of imidazole rings is 1. The number of rotatable bonds is 8. The molecule has 0 saturated carbocycles. The Hall–Kier alpha value is -6.47. The summed E-state index contributed by atoms with van der Waals surface area (Å²) in [5.74, 6) is 7.35. The van der Waals surface area contributed by atoms with Crippen molar-refractivity contribution in [1.29, 1.82) is 0 Å². The molecule has 0 bridgehead atoms. The third-order valence-electron chi connectivity index (χ3n) is 13.0. The summed E-state index contributed by atoms with van der Waals surface area (Å²) in [7, 11) is 0. The second-order valence-electron chi connectivity index (χ2n) is 18.8. The number of pyridine rings is 1. The van der Waals surface area contributed by atoms with E-state index in [4.69, 9.17) is 6.35 Å². The van der Waals surface area contributed by atoms with Gasteiger partial charge in [0, 0.05) is 41.1 Å². The van der Waals surface area contributed by atoms with Crippen molar-refractivity contribution in [3.63, 3.8) is 0 Å². The molecule has 3 aromatic heterocycles. The Morgan fingerprint density at radius 1 is 0.638 bits per heavy atom. The number of thiophene rings is 1. The summed E-state index contributed by atoms with van der Waals surface area (Å²) in [4.78, 5) is 10.2. The molecular weight excluding hydrogens is 1100 g/mol. The summed E-state index contributed by atoms with van der Waals surface area (Å²) >= 11 is -0.181. The molecule has 0 atom stereocenters. The molecule has 3 nitrogen and oxygen atoms in total. The Bertz CT molecular complexity index is 3840. The minimum absolute atomic E-state index is 0. The van der Waals surface area contributed by atoms with Crippen molar-refractivity contribution in [3.05, 3.63) is 229 Å². The van der Waals surface area contributed by atoms with Gasteiger partial charge in [-0.05, 0) is 56.1 Å². The number of hydrogen-bond acceptors (Lipinski definition) is 3. The fourth-order valence-electron chi connectivity index (χ4n) is 9.61. The minimum atomic E-state index is -2.03. The Labute approximate surface area is 426 Å². The average molecular weight is 1150 g/mol. The smallest absolute Gasteiger partial charge is 0.0852 e. The molecule has 0 spiro atoms. The van der Waals surface area contributed by atoms with Crippen LogP contribution in [0.25, 0.3) is 92.2 Å². The van der Waals surface area contributed by atoms with E-state index in [1.54, 1.807) is 0 Å². The first-order valence-electron chi connectivity index (χ1n) is 23.9. The van der Waals surface area contributed by atoms with Gasteiger partial charge in [-0.2, -0.15) is 11.3 Å². The summed E-state index contributed by atoms with van der Waals surface area (Å²) in [6.07, 6.45) is 2.91. The standard InChI is InChI=1S/C46H29N2S.C17H22GeN.Ir/c1-3-12-30(13-4-1)28-31-22-25-38-39-20-11-21-40(45(39)49-42(38)29-31)46-47-43-35-18-9-7-16-33(35)24-27-41(43)48(46)44-36-19-10-8-17-34(36)23-26-37(44)32-14-5-2-6-15-32;1-13(2)15-11-17(14-9-7-6-8-10-14)19-12-16(15)18(3,4)5;/h1-20,22-27,29H,28H2;6-9,11-13H,1-5H3;/q2*-1;/i;13D;. The van der Waals surface area contributed by atoms with E-state index in [-0.39, 0.29) is 20.1 Å². The zero-order chi connectivity index (χ0) is 47.3. The first-order chi connectivity index (χ1) is 33.5. The van der Waals surface area contributed by atoms with Crippen LogP contribution in [-0.4, -0.2) is 27.8 Å². The normalized spacial score (nSPS) is 12.0. The maximum Gasteiger partial charge on any atom is 0.0852 e. The molecule has 12 rings (SSSR count). The van der Waals surface area contributed by atoms with Crippen LogP contribution in [0.2, 0.25) is 17.3 Å². The second kappa shape index (κ2) is 19.5. The molecule has 0 unspecified atom stereocenters. The van der Waals surface area contributed by atoms with Gasteiger partial charge in [-0.15, -0.1) is 18.2 Å². The fraction of sp³-hybridized carbons (Fsp3) is 0.111. The van der Waals surface area contributed by atoms with E-state index in [9.17, 15) is 0 Å². The largest absolute Gasteiger partial charge is 0.332 e. The van der Waals surface area contributed by atoms with Crippen LogP contribution in [-0.2, 0) is 26.5 Å². The number of hydrogen-bond donors (Lipinski definition) is 0. The zero-order valence-electron chi connectivity index (χ0n) is 40.3. The maximum atomic E-state index is 8.44. The van der Waals surface area contributed by atoms with E-state index in [0.29, 0.717) is 0 Å². The Balaban J connectivity index is 0.000000229. The van der Waals surface area contributed by atoms with Crippen molar-refractivity contribution in [2.24, 2.45) is 0 Å². The molecule has 0 aliphatic rings. The minimum Gasteiger partial charge on any atom is -0.332 e. The Morgan fingerprint density at radius 2 is 1.33 bits per heavy atom. The van der Waals surface area contributed by atoms with Gasteiger partial charge in [-0.3, -0.25) is 4.98 Å². The topological polar surface area (TPSA) is 30.7 Å². The van der Waals surface area contributed by atoms with E-state index in [2.05, 4.69) is 209 Å². The molecule has 1 radical (unpaired) electrons. The zero-order valence-corrected chi connectivity index (χ0v) is 44.7. The third-order valence-corrected chi connectivity index (χ3v) is 18.4. The van der Waals surface area contributed by atoms with Crippen molar-refractivity contribution in [2.45, 2.75) is 43.4 Å². The average Bonchev–Trinajstić information content (AvgIpc) is 3.95. The van der Waals surface area contributed by atoms with Crippen molar-refractivity contribution < 1.29 is 21.5 Å². The van der Waals surface area contributed by atoms with Gasteiger partial charge in [0.2, 0.25) is 0 Å². The molecule has 9 aromatic carbocycles. The van der Waals surface area contributed by atoms with Gasteiger partial charge in [-0.25, -0.2) is 0 Å². The van der Waals surface area contributed by atoms with Gasteiger partial charge in [0.1, 0.15) is 0 Å². The molecule has 0 aliphatic heterocycles. The molecule has 0 saturated heterocycles. The van der Waals surface area contributed by atoms with Gasteiger partial charge in [0.05, 0.1) is 22.5 Å². The van der Waals surface area contributed by atoms with Gasteiger partial charge < -0.3 is 4.57 Å². The monoisotopic (exact) mass is 1150 g/mol. The molecular formula is C63H51GeIrN3S-2. The Morgan fingerprint density at radius 3 is 2.07 bits per heavy atom. The van der Waals surface area contributed by atoms with Crippen molar-refractivity contribution >= 4 is 81.7 Å². The SMILES string of the molecule is [2H]C(C)(C)c1cc(-c2[c-]cccc2)nc[c]1[Ge]([CH3])([CH3])[CH3].[Ir].[c-]1ccc2c(sc3cc(Cc4ccccc4)ccc32)c1-c1nc2c3ccccc3ccc2n1-c1c(-c2ccccc2)ccc2ccccc12. The fourth-order valence-corrected chi connectivity index (χ4v) is 14.2. The predicted octanol–water partition coefficient (Wildman–Crippen LogP) is 16.6. The van der Waals surface area contributed by atoms with Crippen LogP contribution < -0.4 is 4.40 Å². The van der Waals surface area contributed by atoms with Crippen LogP contribution in [0.4, 0.5) is 0 Å². The van der Waals surface area contributed by atoms with E-state index < -0.39 is 19.2 Å². The van der Waals surface area contributed by atoms with Crippen LogP contribution in [0, 0.1) is 12.1 Å². The number of nitrogens with zero attached hydrogens (tertiary/aromatic N) is 3. The van der Waals surface area contributed by atoms with Crippen LogP contribution in [0.1, 0.15) is 37.8 Å². The summed E-state index contributed by atoms with van der Waals surface area (Å²) < 4.78 is 14.7. The van der Waals surface area contributed by atoms with Crippen molar-refractivity contribution in [2.75, 3.05) is 0 Å². The van der Waals surface area contributed by atoms with E-state index in [1.165, 1.54) is 63.0 Å². The first-order valence-corrected chi connectivity index (χ1v) is 31.5. The summed E-state index contributed by atoms with van der Waals surface area (Å²) in [6.45, 7) is 3.91. The van der Waals surface area contributed by atoms with E-state index in [0.717, 1.165) is 56.7 Å². The molecule has 339 valence electrons. The Kier molecular flexibility index (Phi) is 12.7. The van der Waals surface area contributed by atoms with Crippen LogP contribution >= 0.6 is 11.3 Å². The second-order valence-corrected chi connectivity index (χ2v) is 30.4. The van der Waals surface area contributed by atoms with Crippen LogP contribution in [0.3, 0.4) is 0 Å². The molecule has 0 fully saturated rings. The summed E-state index contributed by atoms with van der Waals surface area (Å²) in [5, 5.41) is 7.23. The van der Waals surface area contributed by atoms with Crippen LogP contribution in [0.5, 0.6) is 0 Å². The maximum absolute atomic E-state index is 8.44. The molecule has 69 heavy (non-hydrogen) atoms. The van der Waals surface area contributed by atoms with Gasteiger partial charge in [0.15, 0.2) is 0 Å². The molecule has 3 heterocycles. The van der Waals surface area contributed by atoms with Gasteiger partial charge >= 0.3 is 120 Å². The molecule has 12 aromatic rings. The van der Waals surface area contributed by atoms with E-state index in [1.807, 2.05) is 55.6 Å². The number of aromatic nitrogens is 3. The van der Waals surface area contributed by atoms with Gasteiger partial charge in [0.25, 0.3) is 0 Å².